The average molecular weight is 353 g/mol. The maximum atomic E-state index is 3.65. The van der Waals surface area contributed by atoms with E-state index in [2.05, 4.69) is 57.1 Å². The zero-order valence-corrected chi connectivity index (χ0v) is 12.9. The molecule has 84 valence electrons. The number of hydrogen-bond donors (Lipinski definition) is 1. The normalized spacial score (nSPS) is 17.1. The molecule has 0 aliphatic heterocycles. The maximum Gasteiger partial charge on any atom is 0.0843 e. The van der Waals surface area contributed by atoms with Gasteiger partial charge in [-0.2, -0.15) is 0 Å². The van der Waals surface area contributed by atoms with Crippen molar-refractivity contribution in [1.82, 2.24) is 5.32 Å². The summed E-state index contributed by atoms with van der Waals surface area (Å²) in [6, 6.07) is 2.19. The van der Waals surface area contributed by atoms with Gasteiger partial charge in [-0.15, -0.1) is 11.3 Å². The van der Waals surface area contributed by atoms with Gasteiger partial charge in [0.25, 0.3) is 0 Å². The second-order valence-corrected chi connectivity index (χ2v) is 7.99. The summed E-state index contributed by atoms with van der Waals surface area (Å²) in [5.41, 5.74) is 0.295. The number of nitrogens with one attached hydrogen (secondary N) is 1. The zero-order chi connectivity index (χ0) is 11.1. The molecular formula is C11H15Br2NS. The molecule has 15 heavy (non-hydrogen) atoms. The summed E-state index contributed by atoms with van der Waals surface area (Å²) in [7, 11) is 0. The molecule has 1 aromatic heterocycles. The highest BCUT2D eigenvalue weighted by Gasteiger charge is 2.37. The van der Waals surface area contributed by atoms with Crippen molar-refractivity contribution in [2.24, 2.45) is 5.92 Å². The van der Waals surface area contributed by atoms with E-state index in [4.69, 9.17) is 0 Å². The van der Waals surface area contributed by atoms with Gasteiger partial charge >= 0.3 is 0 Å². The van der Waals surface area contributed by atoms with E-state index in [1.54, 1.807) is 11.3 Å². The largest absolute Gasteiger partial charge is 0.307 e. The van der Waals surface area contributed by atoms with Crippen molar-refractivity contribution in [3.8, 4) is 0 Å². The standard InChI is InChI=1S/C11H15Br2NS/c1-11(2,7-3-4-7)14-6-8-5-9(12)10(13)15-8/h5,7,14H,3-4,6H2,1-2H3. The molecule has 1 fully saturated rings. The van der Waals surface area contributed by atoms with Crippen LogP contribution in [-0.4, -0.2) is 5.54 Å². The van der Waals surface area contributed by atoms with Crippen molar-refractivity contribution in [1.29, 1.82) is 0 Å². The van der Waals surface area contributed by atoms with Crippen molar-refractivity contribution >= 4 is 43.2 Å². The van der Waals surface area contributed by atoms with E-state index < -0.39 is 0 Å². The zero-order valence-electron chi connectivity index (χ0n) is 8.94. The minimum absolute atomic E-state index is 0.295. The van der Waals surface area contributed by atoms with Gasteiger partial charge < -0.3 is 5.32 Å². The van der Waals surface area contributed by atoms with Crippen LogP contribution in [0.5, 0.6) is 0 Å². The maximum absolute atomic E-state index is 3.65. The average Bonchev–Trinajstić information content (AvgIpc) is 2.93. The Balaban J connectivity index is 1.92. The molecule has 1 aromatic rings. The van der Waals surface area contributed by atoms with Crippen LogP contribution in [0.4, 0.5) is 0 Å². The first kappa shape index (κ1) is 12.1. The predicted octanol–water partition coefficient (Wildman–Crippen LogP) is 4.55. The SMILES string of the molecule is CC(C)(NCc1cc(Br)c(Br)s1)C1CC1. The fourth-order valence-corrected chi connectivity index (χ4v) is 3.86. The summed E-state index contributed by atoms with van der Waals surface area (Å²) < 4.78 is 2.34. The van der Waals surface area contributed by atoms with Gasteiger partial charge in [0, 0.05) is 21.4 Å². The van der Waals surface area contributed by atoms with Crippen LogP contribution in [0, 0.1) is 5.92 Å². The van der Waals surface area contributed by atoms with E-state index in [-0.39, 0.29) is 0 Å². The van der Waals surface area contributed by atoms with Gasteiger partial charge in [0.05, 0.1) is 3.79 Å². The topological polar surface area (TPSA) is 12.0 Å². The molecule has 1 aliphatic carbocycles. The molecule has 0 radical (unpaired) electrons. The summed E-state index contributed by atoms with van der Waals surface area (Å²) >= 11 is 8.83. The van der Waals surface area contributed by atoms with E-state index in [1.807, 2.05) is 0 Å². The lowest BCUT2D eigenvalue weighted by molar-refractivity contribution is 0.341. The Morgan fingerprint density at radius 3 is 2.60 bits per heavy atom. The fraction of sp³-hybridized carbons (Fsp3) is 0.636. The van der Waals surface area contributed by atoms with Crippen LogP contribution in [-0.2, 0) is 6.54 Å². The second-order valence-electron chi connectivity index (χ2n) is 4.68. The first-order valence-corrected chi connectivity index (χ1v) is 7.58. The third-order valence-electron chi connectivity index (χ3n) is 3.01. The molecule has 0 saturated heterocycles. The van der Waals surface area contributed by atoms with Gasteiger partial charge in [0.15, 0.2) is 0 Å². The highest BCUT2D eigenvalue weighted by molar-refractivity contribution is 9.13. The third-order valence-corrected chi connectivity index (χ3v) is 6.27. The molecule has 0 bridgehead atoms. The van der Waals surface area contributed by atoms with Gasteiger partial charge in [-0.25, -0.2) is 0 Å². The molecule has 0 amide bonds. The summed E-state index contributed by atoms with van der Waals surface area (Å²) in [4.78, 5) is 1.38. The summed E-state index contributed by atoms with van der Waals surface area (Å²) in [6.07, 6.45) is 2.77. The second kappa shape index (κ2) is 4.47. The lowest BCUT2D eigenvalue weighted by Crippen LogP contribution is -2.40. The Hall–Kier alpha value is 0.620. The van der Waals surface area contributed by atoms with Gasteiger partial charge in [-0.3, -0.25) is 0 Å². The number of rotatable bonds is 4. The van der Waals surface area contributed by atoms with Crippen molar-refractivity contribution in [2.75, 3.05) is 0 Å². The summed E-state index contributed by atoms with van der Waals surface area (Å²) in [5, 5.41) is 3.65. The van der Waals surface area contributed by atoms with Crippen LogP contribution in [0.25, 0.3) is 0 Å². The predicted molar refractivity (Wildman–Crippen MR) is 73.4 cm³/mol. The molecule has 0 spiro atoms. The molecule has 1 N–H and O–H groups in total. The van der Waals surface area contributed by atoms with Gasteiger partial charge in [-0.1, -0.05) is 0 Å². The molecule has 4 heteroatoms. The van der Waals surface area contributed by atoms with E-state index >= 15 is 0 Å². The number of hydrogen-bond acceptors (Lipinski definition) is 2. The summed E-state index contributed by atoms with van der Waals surface area (Å²) in [6.45, 7) is 5.59. The van der Waals surface area contributed by atoms with Gasteiger partial charge in [0.1, 0.15) is 0 Å². The number of halogens is 2. The Kier molecular flexibility index (Phi) is 3.61. The third kappa shape index (κ3) is 3.05. The molecular weight excluding hydrogens is 338 g/mol. The van der Waals surface area contributed by atoms with Crippen LogP contribution < -0.4 is 5.32 Å². The lowest BCUT2D eigenvalue weighted by atomic mass is 9.99. The highest BCUT2D eigenvalue weighted by atomic mass is 79.9. The van der Waals surface area contributed by atoms with Crippen LogP contribution in [0.3, 0.4) is 0 Å². The first-order valence-electron chi connectivity index (χ1n) is 5.18. The fourth-order valence-electron chi connectivity index (χ4n) is 1.74. The number of thiophene rings is 1. The van der Waals surface area contributed by atoms with E-state index in [0.717, 1.165) is 16.9 Å². The molecule has 0 aromatic carbocycles. The molecule has 1 aliphatic rings. The molecule has 1 saturated carbocycles. The minimum atomic E-state index is 0.295. The Labute approximate surface area is 112 Å². The molecule has 2 rings (SSSR count). The minimum Gasteiger partial charge on any atom is -0.307 e. The van der Waals surface area contributed by atoms with E-state index in [9.17, 15) is 0 Å². The molecule has 1 heterocycles. The van der Waals surface area contributed by atoms with Crippen molar-refractivity contribution in [3.05, 3.63) is 19.2 Å². The summed E-state index contributed by atoms with van der Waals surface area (Å²) in [5.74, 6) is 0.879. The van der Waals surface area contributed by atoms with Crippen molar-refractivity contribution in [2.45, 2.75) is 38.8 Å². The van der Waals surface area contributed by atoms with Crippen LogP contribution in [0.2, 0.25) is 0 Å². The smallest absolute Gasteiger partial charge is 0.0843 e. The first-order chi connectivity index (χ1) is 6.99. The Bertz CT molecular complexity index is 336. The van der Waals surface area contributed by atoms with Gasteiger partial charge in [0.2, 0.25) is 0 Å². The van der Waals surface area contributed by atoms with E-state index in [1.165, 1.54) is 21.5 Å². The van der Waals surface area contributed by atoms with Crippen molar-refractivity contribution in [3.63, 3.8) is 0 Å². The van der Waals surface area contributed by atoms with Gasteiger partial charge in [-0.05, 0) is 70.5 Å². The Morgan fingerprint density at radius 1 is 1.47 bits per heavy atom. The quantitative estimate of drug-likeness (QED) is 0.838. The lowest BCUT2D eigenvalue weighted by Gasteiger charge is -2.25. The van der Waals surface area contributed by atoms with Crippen molar-refractivity contribution < 1.29 is 0 Å². The molecule has 0 atom stereocenters. The van der Waals surface area contributed by atoms with Crippen LogP contribution in [0.15, 0.2) is 14.3 Å². The highest BCUT2D eigenvalue weighted by Crippen LogP contribution is 2.39. The monoisotopic (exact) mass is 351 g/mol. The van der Waals surface area contributed by atoms with E-state index in [0.29, 0.717) is 5.54 Å². The van der Waals surface area contributed by atoms with Crippen LogP contribution >= 0.6 is 43.2 Å². The Morgan fingerprint density at radius 2 is 2.13 bits per heavy atom. The van der Waals surface area contributed by atoms with Crippen LogP contribution in [0.1, 0.15) is 31.6 Å². The molecule has 0 unspecified atom stereocenters. The molecule has 1 nitrogen and oxygen atoms in total.